The molecule has 0 aliphatic heterocycles. The van der Waals surface area contributed by atoms with Gasteiger partial charge in [-0.1, -0.05) is 18.2 Å². The van der Waals surface area contributed by atoms with Gasteiger partial charge in [0.15, 0.2) is 0 Å². The summed E-state index contributed by atoms with van der Waals surface area (Å²) in [5.41, 5.74) is 1.79. The molecule has 0 unspecified atom stereocenters. The molecule has 0 saturated carbocycles. The highest BCUT2D eigenvalue weighted by Gasteiger charge is 2.29. The maximum absolute atomic E-state index is 10.3. The molecule has 7 nitrogen and oxygen atoms in total. The minimum atomic E-state index is -1.60. The van der Waals surface area contributed by atoms with Gasteiger partial charge < -0.3 is 30.5 Å². The van der Waals surface area contributed by atoms with Gasteiger partial charge in [-0.15, -0.1) is 0 Å². The molecule has 0 fully saturated rings. The van der Waals surface area contributed by atoms with Crippen molar-refractivity contribution in [2.75, 3.05) is 6.61 Å². The van der Waals surface area contributed by atoms with E-state index in [0.717, 1.165) is 16.3 Å². The van der Waals surface area contributed by atoms with Crippen LogP contribution in [-0.4, -0.2) is 54.3 Å². The van der Waals surface area contributed by atoms with Crippen molar-refractivity contribution in [3.8, 4) is 0 Å². The van der Waals surface area contributed by atoms with E-state index < -0.39 is 24.9 Å². The molecular formula is C16H18N2O5. The second kappa shape index (κ2) is 6.23. The van der Waals surface area contributed by atoms with E-state index in [1.807, 2.05) is 24.3 Å². The van der Waals surface area contributed by atoms with Crippen LogP contribution in [0.2, 0.25) is 0 Å². The molecule has 0 spiro atoms. The first kappa shape index (κ1) is 15.9. The van der Waals surface area contributed by atoms with E-state index in [1.54, 1.807) is 6.07 Å². The fourth-order valence-electron chi connectivity index (χ4n) is 2.70. The minimum Gasteiger partial charge on any atom is -0.394 e. The van der Waals surface area contributed by atoms with Gasteiger partial charge in [-0.25, -0.2) is 0 Å². The number of para-hydroxylation sites is 1. The van der Waals surface area contributed by atoms with Crippen molar-refractivity contribution < 1.29 is 25.5 Å². The Hall–Kier alpha value is -2.03. The van der Waals surface area contributed by atoms with Gasteiger partial charge in [-0.05, 0) is 12.1 Å². The maximum Gasteiger partial charge on any atom is 0.126 e. The topological polar surface area (TPSA) is 130 Å². The summed E-state index contributed by atoms with van der Waals surface area (Å²) in [6.07, 6.45) is -4.61. The molecule has 3 aromatic rings. The highest BCUT2D eigenvalue weighted by molar-refractivity contribution is 6.08. The van der Waals surface area contributed by atoms with Crippen molar-refractivity contribution >= 4 is 21.8 Å². The molecule has 0 amide bonds. The minimum absolute atomic E-state index is 0.114. The molecule has 7 heteroatoms. The largest absolute Gasteiger partial charge is 0.394 e. The van der Waals surface area contributed by atoms with Gasteiger partial charge >= 0.3 is 0 Å². The lowest BCUT2D eigenvalue weighted by atomic mass is 10.0. The number of H-pyrrole nitrogens is 1. The number of benzene rings is 1. The van der Waals surface area contributed by atoms with Crippen molar-refractivity contribution in [1.29, 1.82) is 0 Å². The van der Waals surface area contributed by atoms with Gasteiger partial charge in [0.05, 0.1) is 30.1 Å². The van der Waals surface area contributed by atoms with Crippen molar-refractivity contribution in [2.45, 2.75) is 24.9 Å². The van der Waals surface area contributed by atoms with Crippen LogP contribution >= 0.6 is 0 Å². The summed E-state index contributed by atoms with van der Waals surface area (Å²) in [5.74, 6) is 0. The highest BCUT2D eigenvalue weighted by Crippen LogP contribution is 2.31. The van der Waals surface area contributed by atoms with E-state index in [2.05, 4.69) is 9.97 Å². The molecule has 2 heterocycles. The zero-order valence-corrected chi connectivity index (χ0v) is 12.2. The van der Waals surface area contributed by atoms with E-state index in [4.69, 9.17) is 5.11 Å². The number of nitrogens with zero attached hydrogens (tertiary/aromatic N) is 1. The summed E-state index contributed by atoms with van der Waals surface area (Å²) >= 11 is 0. The van der Waals surface area contributed by atoms with Gasteiger partial charge in [0, 0.05) is 16.3 Å². The first-order valence-electron chi connectivity index (χ1n) is 7.23. The maximum atomic E-state index is 10.3. The summed E-state index contributed by atoms with van der Waals surface area (Å²) in [5, 5.41) is 49.8. The number of nitrogens with one attached hydrogen (secondary N) is 1. The van der Waals surface area contributed by atoms with Crippen LogP contribution in [0.15, 0.2) is 30.3 Å². The van der Waals surface area contributed by atoms with Crippen molar-refractivity contribution in [3.63, 3.8) is 0 Å². The molecule has 1 aromatic carbocycles. The number of aliphatic hydroxyl groups excluding tert-OH is 5. The monoisotopic (exact) mass is 318 g/mol. The molecule has 2 aromatic heterocycles. The zero-order chi connectivity index (χ0) is 16.6. The van der Waals surface area contributed by atoms with Crippen LogP contribution in [0.4, 0.5) is 0 Å². The molecule has 3 atom stereocenters. The van der Waals surface area contributed by atoms with E-state index in [-0.39, 0.29) is 12.3 Å². The standard InChI is InChI=1S/C16H18N2O5/c19-6-8-5-10-9-3-1-2-4-11(9)18-13(10)14(17-8)16(23)15(22)12(21)7-20/h1-5,12,15-16,18-23H,6-7H2/t12-,15-,16+/m1/s1. The van der Waals surface area contributed by atoms with E-state index in [9.17, 15) is 20.4 Å². The fourth-order valence-corrected chi connectivity index (χ4v) is 2.70. The number of aromatic nitrogens is 2. The highest BCUT2D eigenvalue weighted by atomic mass is 16.4. The Morgan fingerprint density at radius 3 is 2.48 bits per heavy atom. The Morgan fingerprint density at radius 2 is 1.78 bits per heavy atom. The second-order valence-corrected chi connectivity index (χ2v) is 5.44. The van der Waals surface area contributed by atoms with Gasteiger partial charge in [-0.2, -0.15) is 0 Å². The molecule has 0 saturated heterocycles. The third-order valence-electron chi connectivity index (χ3n) is 3.92. The number of aliphatic hydroxyl groups is 5. The van der Waals surface area contributed by atoms with Crippen LogP contribution in [0.3, 0.4) is 0 Å². The zero-order valence-electron chi connectivity index (χ0n) is 12.2. The third-order valence-corrected chi connectivity index (χ3v) is 3.92. The van der Waals surface area contributed by atoms with Crippen molar-refractivity contribution in [3.05, 3.63) is 41.7 Å². The smallest absolute Gasteiger partial charge is 0.126 e. The average molecular weight is 318 g/mol. The van der Waals surface area contributed by atoms with Crippen LogP contribution in [0.5, 0.6) is 0 Å². The van der Waals surface area contributed by atoms with E-state index >= 15 is 0 Å². The number of aromatic amines is 1. The Bertz CT molecular complexity index is 832. The SMILES string of the molecule is OCc1cc2c([nH]c3ccccc32)c([C@H](O)[C@H](O)[C@H](O)CO)n1. The Kier molecular flexibility index (Phi) is 4.29. The molecule has 23 heavy (non-hydrogen) atoms. The van der Waals surface area contributed by atoms with Crippen LogP contribution in [-0.2, 0) is 6.61 Å². The summed E-state index contributed by atoms with van der Waals surface area (Å²) in [7, 11) is 0. The first-order valence-corrected chi connectivity index (χ1v) is 7.23. The van der Waals surface area contributed by atoms with Gasteiger partial charge in [-0.3, -0.25) is 4.98 Å². The molecule has 0 aliphatic carbocycles. The predicted molar refractivity (Wildman–Crippen MR) is 83.6 cm³/mol. The molecule has 0 radical (unpaired) electrons. The van der Waals surface area contributed by atoms with Crippen molar-refractivity contribution in [1.82, 2.24) is 9.97 Å². The van der Waals surface area contributed by atoms with Crippen LogP contribution in [0, 0.1) is 0 Å². The summed E-state index contributed by atoms with van der Waals surface area (Å²) in [4.78, 5) is 7.30. The lowest BCUT2D eigenvalue weighted by Crippen LogP contribution is -2.35. The number of hydrogen-bond acceptors (Lipinski definition) is 6. The molecule has 0 bridgehead atoms. The lowest BCUT2D eigenvalue weighted by Gasteiger charge is -2.21. The Labute approximate surface area is 131 Å². The van der Waals surface area contributed by atoms with Crippen molar-refractivity contribution in [2.24, 2.45) is 0 Å². The fraction of sp³-hybridized carbons (Fsp3) is 0.312. The van der Waals surface area contributed by atoms with Crippen LogP contribution in [0.25, 0.3) is 21.8 Å². The van der Waals surface area contributed by atoms with Gasteiger partial charge in [0.2, 0.25) is 0 Å². The quantitative estimate of drug-likeness (QED) is 0.391. The Morgan fingerprint density at radius 1 is 1.04 bits per heavy atom. The third kappa shape index (κ3) is 2.69. The molecular weight excluding hydrogens is 300 g/mol. The average Bonchev–Trinajstić information content (AvgIpc) is 2.97. The van der Waals surface area contributed by atoms with Gasteiger partial charge in [0.25, 0.3) is 0 Å². The number of hydrogen-bond donors (Lipinski definition) is 6. The number of pyridine rings is 1. The first-order chi connectivity index (χ1) is 11.1. The lowest BCUT2D eigenvalue weighted by molar-refractivity contribution is -0.0785. The Balaban J connectivity index is 2.22. The predicted octanol–water partition coefficient (Wildman–Crippen LogP) is -0.0441. The van der Waals surface area contributed by atoms with E-state index in [1.165, 1.54) is 0 Å². The van der Waals surface area contributed by atoms with E-state index in [0.29, 0.717) is 11.2 Å². The molecule has 122 valence electrons. The number of rotatable bonds is 5. The molecule has 0 aliphatic rings. The van der Waals surface area contributed by atoms with Gasteiger partial charge in [0.1, 0.15) is 18.3 Å². The second-order valence-electron chi connectivity index (χ2n) is 5.44. The normalized spacial score (nSPS) is 15.9. The number of fused-ring (bicyclic) bond motifs is 3. The van der Waals surface area contributed by atoms with Crippen LogP contribution in [0.1, 0.15) is 17.5 Å². The summed E-state index contributed by atoms with van der Waals surface area (Å²) < 4.78 is 0. The summed E-state index contributed by atoms with van der Waals surface area (Å²) in [6.45, 7) is -1.01. The summed E-state index contributed by atoms with van der Waals surface area (Å²) in [6, 6.07) is 9.19. The molecule has 6 N–H and O–H groups in total. The van der Waals surface area contributed by atoms with Crippen LogP contribution < -0.4 is 0 Å². The molecule has 3 rings (SSSR count).